The smallest absolute Gasteiger partial charge is 0.229 e. The molecular formula is C19H22FN5O. The van der Waals surface area contributed by atoms with Crippen LogP contribution >= 0.6 is 0 Å². The van der Waals surface area contributed by atoms with Gasteiger partial charge in [0.2, 0.25) is 5.95 Å². The topological polar surface area (TPSA) is 85.1 Å². The first-order valence-corrected chi connectivity index (χ1v) is 8.62. The second-order valence-corrected chi connectivity index (χ2v) is 6.04. The van der Waals surface area contributed by atoms with E-state index in [1.807, 2.05) is 0 Å². The van der Waals surface area contributed by atoms with Crippen molar-refractivity contribution in [2.45, 2.75) is 31.7 Å². The van der Waals surface area contributed by atoms with Gasteiger partial charge in [0.05, 0.1) is 18.9 Å². The number of aromatic nitrogens is 2. The Morgan fingerprint density at radius 1 is 1.38 bits per heavy atom. The number of rotatable bonds is 7. The van der Waals surface area contributed by atoms with Crippen LogP contribution in [-0.2, 0) is 0 Å². The van der Waals surface area contributed by atoms with Gasteiger partial charge in [-0.05, 0) is 37.9 Å². The molecule has 1 fully saturated rings. The first-order valence-electron chi connectivity index (χ1n) is 8.62. The molecule has 136 valence electrons. The van der Waals surface area contributed by atoms with Crippen LogP contribution in [0.2, 0.25) is 0 Å². The summed E-state index contributed by atoms with van der Waals surface area (Å²) in [6.07, 6.45) is 5.52. The first kappa shape index (κ1) is 18.0. The van der Waals surface area contributed by atoms with Crippen molar-refractivity contribution in [1.82, 2.24) is 9.97 Å². The average molecular weight is 355 g/mol. The monoisotopic (exact) mass is 355 g/mol. The molecule has 1 heterocycles. The summed E-state index contributed by atoms with van der Waals surface area (Å²) >= 11 is 0. The van der Waals surface area contributed by atoms with Gasteiger partial charge in [-0.1, -0.05) is 11.8 Å². The maximum Gasteiger partial charge on any atom is 0.229 e. The minimum absolute atomic E-state index is 0.190. The van der Waals surface area contributed by atoms with Crippen molar-refractivity contribution in [3.8, 4) is 17.6 Å². The van der Waals surface area contributed by atoms with Crippen LogP contribution in [0.5, 0.6) is 5.75 Å². The highest BCUT2D eigenvalue weighted by Crippen LogP contribution is 2.27. The molecule has 26 heavy (non-hydrogen) atoms. The van der Waals surface area contributed by atoms with E-state index in [2.05, 4.69) is 32.4 Å². The second kappa shape index (κ2) is 8.50. The number of halogens is 1. The lowest BCUT2D eigenvalue weighted by Crippen LogP contribution is -2.08. The maximum absolute atomic E-state index is 13.8. The predicted molar refractivity (Wildman–Crippen MR) is 100 cm³/mol. The average Bonchev–Trinajstić information content (AvgIpc) is 3.44. The van der Waals surface area contributed by atoms with Crippen LogP contribution in [-0.4, -0.2) is 29.7 Å². The summed E-state index contributed by atoms with van der Waals surface area (Å²) in [6.45, 7) is 0.625. The Hall–Kier alpha value is -2.85. The molecule has 1 aromatic heterocycles. The molecule has 3 rings (SSSR count). The third-order valence-electron chi connectivity index (χ3n) is 3.84. The van der Waals surface area contributed by atoms with E-state index in [-0.39, 0.29) is 5.75 Å². The Morgan fingerprint density at radius 2 is 2.23 bits per heavy atom. The number of hydrogen-bond acceptors (Lipinski definition) is 6. The maximum atomic E-state index is 13.8. The molecule has 0 unspecified atom stereocenters. The minimum atomic E-state index is -0.448. The highest BCUT2D eigenvalue weighted by Gasteiger charge is 2.22. The molecule has 1 saturated carbocycles. The highest BCUT2D eigenvalue weighted by molar-refractivity contribution is 5.60. The van der Waals surface area contributed by atoms with Gasteiger partial charge in [0.15, 0.2) is 11.6 Å². The number of hydrogen-bond donors (Lipinski definition) is 3. The van der Waals surface area contributed by atoms with E-state index in [1.165, 1.54) is 13.2 Å². The number of benzene rings is 1. The van der Waals surface area contributed by atoms with E-state index in [9.17, 15) is 4.39 Å². The summed E-state index contributed by atoms with van der Waals surface area (Å²) in [4.78, 5) is 8.80. The SMILES string of the molecule is COc1ccc(Nc2ncc(C#CCCCN)c(NC3CC3)n2)cc1F. The van der Waals surface area contributed by atoms with Crippen LogP contribution in [0.4, 0.5) is 21.8 Å². The molecule has 7 heteroatoms. The van der Waals surface area contributed by atoms with Gasteiger partial charge < -0.3 is 21.1 Å². The molecule has 0 bridgehead atoms. The Kier molecular flexibility index (Phi) is 5.87. The number of unbranched alkanes of at least 4 members (excludes halogenated alkanes) is 1. The molecule has 0 saturated heterocycles. The van der Waals surface area contributed by atoms with Crippen LogP contribution in [0.25, 0.3) is 0 Å². The summed E-state index contributed by atoms with van der Waals surface area (Å²) in [7, 11) is 1.43. The Morgan fingerprint density at radius 3 is 2.92 bits per heavy atom. The van der Waals surface area contributed by atoms with Crippen molar-refractivity contribution >= 4 is 17.5 Å². The van der Waals surface area contributed by atoms with Gasteiger partial charge in [0, 0.05) is 24.2 Å². The van der Waals surface area contributed by atoms with Gasteiger partial charge in [0.1, 0.15) is 5.82 Å². The molecule has 4 N–H and O–H groups in total. The minimum Gasteiger partial charge on any atom is -0.494 e. The molecule has 2 aromatic rings. The molecule has 1 aliphatic carbocycles. The zero-order chi connectivity index (χ0) is 18.4. The third kappa shape index (κ3) is 4.83. The number of methoxy groups -OCH3 is 1. The highest BCUT2D eigenvalue weighted by atomic mass is 19.1. The number of nitrogens with zero attached hydrogens (tertiary/aromatic N) is 2. The summed E-state index contributed by atoms with van der Waals surface area (Å²) in [5.74, 6) is 7.01. The van der Waals surface area contributed by atoms with Gasteiger partial charge in [-0.15, -0.1) is 0 Å². The summed E-state index contributed by atoms with van der Waals surface area (Å²) in [6, 6.07) is 5.04. The van der Waals surface area contributed by atoms with Crippen LogP contribution in [0, 0.1) is 17.7 Å². The lowest BCUT2D eigenvalue weighted by Gasteiger charge is -2.10. The normalized spacial score (nSPS) is 12.9. The van der Waals surface area contributed by atoms with E-state index >= 15 is 0 Å². The van der Waals surface area contributed by atoms with E-state index < -0.39 is 5.82 Å². The van der Waals surface area contributed by atoms with Gasteiger partial charge in [-0.25, -0.2) is 9.37 Å². The zero-order valence-corrected chi connectivity index (χ0v) is 14.7. The summed E-state index contributed by atoms with van der Waals surface area (Å²) < 4.78 is 18.8. The van der Waals surface area contributed by atoms with Crippen molar-refractivity contribution in [3.05, 3.63) is 35.8 Å². The fourth-order valence-electron chi connectivity index (χ4n) is 2.29. The fourth-order valence-corrected chi connectivity index (χ4v) is 2.29. The Labute approximate surface area is 152 Å². The zero-order valence-electron chi connectivity index (χ0n) is 14.7. The molecule has 6 nitrogen and oxygen atoms in total. The molecular weight excluding hydrogens is 333 g/mol. The Bertz CT molecular complexity index is 826. The van der Waals surface area contributed by atoms with Crippen LogP contribution in [0.3, 0.4) is 0 Å². The second-order valence-electron chi connectivity index (χ2n) is 6.04. The number of ether oxygens (including phenoxy) is 1. The van der Waals surface area contributed by atoms with Crippen molar-refractivity contribution in [2.75, 3.05) is 24.3 Å². The predicted octanol–water partition coefficient (Wildman–Crippen LogP) is 3.03. The molecule has 0 amide bonds. The molecule has 0 atom stereocenters. The van der Waals surface area contributed by atoms with Crippen molar-refractivity contribution in [3.63, 3.8) is 0 Å². The number of anilines is 3. The van der Waals surface area contributed by atoms with Crippen molar-refractivity contribution in [1.29, 1.82) is 0 Å². The summed E-state index contributed by atoms with van der Waals surface area (Å²) in [5, 5.41) is 6.38. The van der Waals surface area contributed by atoms with Crippen molar-refractivity contribution < 1.29 is 9.13 Å². The first-order chi connectivity index (χ1) is 12.7. The fraction of sp³-hybridized carbons (Fsp3) is 0.368. The molecule has 0 aliphatic heterocycles. The summed E-state index contributed by atoms with van der Waals surface area (Å²) in [5.41, 5.74) is 6.78. The van der Waals surface area contributed by atoms with Crippen LogP contribution in [0.15, 0.2) is 24.4 Å². The number of nitrogens with one attached hydrogen (secondary N) is 2. The third-order valence-corrected chi connectivity index (χ3v) is 3.84. The molecule has 0 radical (unpaired) electrons. The van der Waals surface area contributed by atoms with Crippen LogP contribution in [0.1, 0.15) is 31.2 Å². The van der Waals surface area contributed by atoms with Crippen LogP contribution < -0.4 is 21.1 Å². The lowest BCUT2D eigenvalue weighted by atomic mass is 10.2. The van der Waals surface area contributed by atoms with Gasteiger partial charge >= 0.3 is 0 Å². The largest absolute Gasteiger partial charge is 0.494 e. The van der Waals surface area contributed by atoms with E-state index in [0.29, 0.717) is 30.0 Å². The molecule has 1 aromatic carbocycles. The van der Waals surface area contributed by atoms with Gasteiger partial charge in [0.25, 0.3) is 0 Å². The quantitative estimate of drug-likeness (QED) is 0.523. The molecule has 1 aliphatic rings. The van der Waals surface area contributed by atoms with E-state index in [1.54, 1.807) is 18.3 Å². The van der Waals surface area contributed by atoms with Crippen molar-refractivity contribution in [2.24, 2.45) is 5.73 Å². The van der Waals surface area contributed by atoms with Gasteiger partial charge in [-0.2, -0.15) is 4.98 Å². The molecule has 0 spiro atoms. The Balaban J connectivity index is 1.78. The number of nitrogens with two attached hydrogens (primary N) is 1. The van der Waals surface area contributed by atoms with E-state index in [0.717, 1.165) is 31.2 Å². The van der Waals surface area contributed by atoms with Gasteiger partial charge in [-0.3, -0.25) is 0 Å². The van der Waals surface area contributed by atoms with E-state index in [4.69, 9.17) is 10.5 Å². The standard InChI is InChI=1S/C19H22FN5O/c1-26-17-9-8-15(11-16(17)20)24-19-22-12-13(5-3-2-4-10-21)18(25-19)23-14-6-7-14/h8-9,11-12,14H,2,4,6-7,10,21H2,1H3,(H2,22,23,24,25). The lowest BCUT2D eigenvalue weighted by molar-refractivity contribution is 0.386.